The molecule has 26 heavy (non-hydrogen) atoms. The molecule has 0 aliphatic heterocycles. The van der Waals surface area contributed by atoms with Crippen LogP contribution in [0.25, 0.3) is 0 Å². The third-order valence-corrected chi connectivity index (χ3v) is 6.50. The van der Waals surface area contributed by atoms with Crippen molar-refractivity contribution < 1.29 is 17.6 Å². The first-order valence-electron chi connectivity index (χ1n) is 7.86. The van der Waals surface area contributed by atoms with E-state index in [1.54, 1.807) is 66.1 Å². The second-order valence-corrected chi connectivity index (χ2v) is 8.60. The zero-order chi connectivity index (χ0) is 18.6. The number of hydrogen-bond donors (Lipinski definition) is 1. The third-order valence-electron chi connectivity index (χ3n) is 3.72. The Balaban J connectivity index is 1.60. The molecule has 3 aromatic rings. The van der Waals surface area contributed by atoms with Gasteiger partial charge in [-0.1, -0.05) is 18.2 Å². The van der Waals surface area contributed by atoms with Gasteiger partial charge in [0.1, 0.15) is 9.97 Å². The van der Waals surface area contributed by atoms with Gasteiger partial charge in [-0.05, 0) is 41.3 Å². The van der Waals surface area contributed by atoms with Crippen molar-refractivity contribution in [3.8, 4) is 0 Å². The van der Waals surface area contributed by atoms with Gasteiger partial charge < -0.3 is 9.32 Å². The molecule has 8 heteroatoms. The molecule has 1 aromatic carbocycles. The van der Waals surface area contributed by atoms with Gasteiger partial charge in [0, 0.05) is 12.7 Å². The molecule has 0 unspecified atom stereocenters. The summed E-state index contributed by atoms with van der Waals surface area (Å²) in [6.07, 6.45) is 1.80. The number of hydrogen-bond acceptors (Lipinski definition) is 5. The molecular formula is C18H18N2O4S2. The molecule has 1 amide bonds. The lowest BCUT2D eigenvalue weighted by Crippen LogP contribution is -2.27. The summed E-state index contributed by atoms with van der Waals surface area (Å²) in [6.45, 7) is 0.407. The van der Waals surface area contributed by atoms with Crippen LogP contribution in [0.4, 0.5) is 5.69 Å². The van der Waals surface area contributed by atoms with E-state index in [2.05, 4.69) is 4.72 Å². The molecule has 0 radical (unpaired) electrons. The normalized spacial score (nSPS) is 11.3. The van der Waals surface area contributed by atoms with Crippen LogP contribution >= 0.6 is 11.3 Å². The molecule has 0 atom stereocenters. The zero-order valence-electron chi connectivity index (χ0n) is 14.1. The van der Waals surface area contributed by atoms with Crippen LogP contribution in [0.5, 0.6) is 0 Å². The van der Waals surface area contributed by atoms with E-state index in [0.29, 0.717) is 12.2 Å². The molecule has 0 bridgehead atoms. The van der Waals surface area contributed by atoms with Crippen molar-refractivity contribution in [1.29, 1.82) is 0 Å². The third kappa shape index (κ3) is 4.53. The van der Waals surface area contributed by atoms with Crippen molar-refractivity contribution in [2.24, 2.45) is 0 Å². The van der Waals surface area contributed by atoms with Gasteiger partial charge in [0.25, 0.3) is 10.0 Å². The molecule has 0 saturated carbocycles. The minimum atomic E-state index is -3.57. The van der Waals surface area contributed by atoms with Gasteiger partial charge in [0.05, 0.1) is 19.2 Å². The molecule has 136 valence electrons. The van der Waals surface area contributed by atoms with Gasteiger partial charge in [0.2, 0.25) is 5.91 Å². The second kappa shape index (κ2) is 7.76. The van der Waals surface area contributed by atoms with Gasteiger partial charge in [-0.25, -0.2) is 8.42 Å². The van der Waals surface area contributed by atoms with Gasteiger partial charge in [-0.15, -0.1) is 11.3 Å². The Morgan fingerprint density at radius 1 is 1.15 bits per heavy atom. The Labute approximate surface area is 156 Å². The van der Waals surface area contributed by atoms with Crippen molar-refractivity contribution in [2.75, 3.05) is 11.8 Å². The molecule has 2 aromatic heterocycles. The van der Waals surface area contributed by atoms with Crippen LogP contribution in [-0.4, -0.2) is 26.3 Å². The first-order chi connectivity index (χ1) is 12.4. The van der Waals surface area contributed by atoms with Gasteiger partial charge in [0.15, 0.2) is 0 Å². The number of furan rings is 1. The van der Waals surface area contributed by atoms with Crippen LogP contribution in [0, 0.1) is 0 Å². The molecule has 3 rings (SSSR count). The highest BCUT2D eigenvalue weighted by Crippen LogP contribution is 2.20. The van der Waals surface area contributed by atoms with E-state index in [0.717, 1.165) is 22.7 Å². The van der Waals surface area contributed by atoms with Crippen LogP contribution in [0.1, 0.15) is 11.3 Å². The van der Waals surface area contributed by atoms with E-state index in [1.165, 1.54) is 0 Å². The summed E-state index contributed by atoms with van der Waals surface area (Å²) in [4.78, 5) is 13.9. The molecule has 2 heterocycles. The predicted molar refractivity (Wildman–Crippen MR) is 100 cm³/mol. The Morgan fingerprint density at radius 3 is 2.54 bits per heavy atom. The minimum Gasteiger partial charge on any atom is -0.467 e. The summed E-state index contributed by atoms with van der Waals surface area (Å²) in [6, 6.07) is 13.6. The molecule has 0 aliphatic rings. The fourth-order valence-electron chi connectivity index (χ4n) is 2.35. The smallest absolute Gasteiger partial charge is 0.271 e. The maximum atomic E-state index is 12.3. The largest absolute Gasteiger partial charge is 0.467 e. The second-order valence-electron chi connectivity index (χ2n) is 5.74. The molecule has 1 N–H and O–H groups in total. The number of likely N-dealkylation sites (N-methyl/N-ethyl adjacent to an activating group) is 1. The van der Waals surface area contributed by atoms with Crippen molar-refractivity contribution in [1.82, 2.24) is 4.90 Å². The average molecular weight is 390 g/mol. The number of anilines is 1. The van der Waals surface area contributed by atoms with Gasteiger partial charge in [-0.3, -0.25) is 9.52 Å². The Hall–Kier alpha value is -2.58. The number of nitrogens with zero attached hydrogens (tertiary/aromatic N) is 1. The molecule has 0 spiro atoms. The number of rotatable bonds is 7. The summed E-state index contributed by atoms with van der Waals surface area (Å²) >= 11 is 1.16. The van der Waals surface area contributed by atoms with Crippen LogP contribution < -0.4 is 4.72 Å². The fraction of sp³-hybridized carbons (Fsp3) is 0.167. The molecular weight excluding hydrogens is 372 g/mol. The first kappa shape index (κ1) is 18.2. The highest BCUT2D eigenvalue weighted by Gasteiger charge is 2.15. The first-order valence-corrected chi connectivity index (χ1v) is 10.2. The number of amides is 1. The maximum Gasteiger partial charge on any atom is 0.271 e. The molecule has 0 aliphatic carbocycles. The van der Waals surface area contributed by atoms with E-state index in [1.807, 2.05) is 6.07 Å². The van der Waals surface area contributed by atoms with Crippen molar-refractivity contribution in [2.45, 2.75) is 17.2 Å². The lowest BCUT2D eigenvalue weighted by atomic mass is 10.1. The van der Waals surface area contributed by atoms with Crippen molar-refractivity contribution in [3.63, 3.8) is 0 Å². The summed E-state index contributed by atoms with van der Waals surface area (Å²) < 4.78 is 32.4. The van der Waals surface area contributed by atoms with Gasteiger partial charge in [-0.2, -0.15) is 0 Å². The highest BCUT2D eigenvalue weighted by molar-refractivity contribution is 7.94. The molecule has 0 fully saturated rings. The number of carbonyl (C=O) groups excluding carboxylic acids is 1. The van der Waals surface area contributed by atoms with Crippen LogP contribution in [0.15, 0.2) is 68.8 Å². The summed E-state index contributed by atoms with van der Waals surface area (Å²) in [5, 5.41) is 1.71. The Morgan fingerprint density at radius 2 is 1.92 bits per heavy atom. The summed E-state index contributed by atoms with van der Waals surface area (Å²) in [7, 11) is -1.85. The zero-order valence-corrected chi connectivity index (χ0v) is 15.7. The number of benzene rings is 1. The number of sulfonamides is 1. The quantitative estimate of drug-likeness (QED) is 0.671. The van der Waals surface area contributed by atoms with E-state index >= 15 is 0 Å². The topological polar surface area (TPSA) is 79.6 Å². The standard InChI is InChI=1S/C18H18N2O4S2/c1-20(13-16-4-2-10-24-16)17(21)12-14-6-8-15(9-7-14)19-26(22,23)18-5-3-11-25-18/h2-11,19H,12-13H2,1H3. The van der Waals surface area contributed by atoms with E-state index in [-0.39, 0.29) is 16.5 Å². The maximum absolute atomic E-state index is 12.3. The fourth-order valence-corrected chi connectivity index (χ4v) is 4.40. The molecule has 6 nitrogen and oxygen atoms in total. The SMILES string of the molecule is CN(Cc1ccco1)C(=O)Cc1ccc(NS(=O)(=O)c2cccs2)cc1. The van der Waals surface area contributed by atoms with Crippen LogP contribution in [0.2, 0.25) is 0 Å². The number of carbonyl (C=O) groups is 1. The van der Waals surface area contributed by atoms with Crippen molar-refractivity contribution >= 4 is 33.0 Å². The van der Waals surface area contributed by atoms with E-state index in [4.69, 9.17) is 4.42 Å². The summed E-state index contributed by atoms with van der Waals surface area (Å²) in [5.41, 5.74) is 1.26. The Kier molecular flexibility index (Phi) is 5.43. The number of nitrogens with one attached hydrogen (secondary N) is 1. The minimum absolute atomic E-state index is 0.0479. The average Bonchev–Trinajstić information content (AvgIpc) is 3.30. The Bertz CT molecular complexity index is 947. The lowest BCUT2D eigenvalue weighted by molar-refractivity contribution is -0.129. The number of thiophene rings is 1. The molecule has 0 saturated heterocycles. The predicted octanol–water partition coefficient (Wildman–Crippen LogP) is 3.34. The lowest BCUT2D eigenvalue weighted by Gasteiger charge is -2.16. The van der Waals surface area contributed by atoms with E-state index < -0.39 is 10.0 Å². The van der Waals surface area contributed by atoms with Gasteiger partial charge >= 0.3 is 0 Å². The van der Waals surface area contributed by atoms with Crippen molar-refractivity contribution in [3.05, 3.63) is 71.5 Å². The monoisotopic (exact) mass is 390 g/mol. The summed E-state index contributed by atoms with van der Waals surface area (Å²) in [5.74, 6) is 0.674. The highest BCUT2D eigenvalue weighted by atomic mass is 32.2. The van der Waals surface area contributed by atoms with E-state index in [9.17, 15) is 13.2 Å². The van der Waals surface area contributed by atoms with Crippen LogP contribution in [-0.2, 0) is 27.8 Å². The van der Waals surface area contributed by atoms with Crippen LogP contribution in [0.3, 0.4) is 0 Å².